The number of hydrogen-bond donors (Lipinski definition) is 2. The summed E-state index contributed by atoms with van der Waals surface area (Å²) >= 11 is 1.55. The van der Waals surface area contributed by atoms with Crippen LogP contribution < -0.4 is 15.8 Å². The minimum Gasteiger partial charge on any atom is -0.457 e. The van der Waals surface area contributed by atoms with Crippen LogP contribution in [0.15, 0.2) is 41.4 Å². The Labute approximate surface area is 133 Å². The van der Waals surface area contributed by atoms with Gasteiger partial charge in [0, 0.05) is 22.8 Å². The Kier molecular flexibility index (Phi) is 5.48. The Morgan fingerprint density at radius 1 is 1.32 bits per heavy atom. The van der Waals surface area contributed by atoms with Crippen LogP contribution in [0.2, 0.25) is 0 Å². The Morgan fingerprint density at radius 3 is 2.82 bits per heavy atom. The quantitative estimate of drug-likeness (QED) is 0.645. The minimum absolute atomic E-state index is 0.297. The Bertz CT molecular complexity index is 664. The highest BCUT2D eigenvalue weighted by Crippen LogP contribution is 2.30. The van der Waals surface area contributed by atoms with Gasteiger partial charge in [-0.3, -0.25) is 5.32 Å². The molecule has 0 saturated carbocycles. The van der Waals surface area contributed by atoms with Crippen LogP contribution in [0, 0.1) is 0 Å². The number of rotatable bonds is 5. The predicted octanol–water partition coefficient (Wildman–Crippen LogP) is 3.75. The average Bonchev–Trinajstić information content (AvgIpc) is 2.50. The van der Waals surface area contributed by atoms with E-state index in [1.165, 1.54) is 0 Å². The van der Waals surface area contributed by atoms with Gasteiger partial charge in [0.2, 0.25) is 0 Å². The van der Waals surface area contributed by atoms with Gasteiger partial charge in [-0.2, -0.15) is 0 Å². The molecule has 0 radical (unpaired) electrons. The van der Waals surface area contributed by atoms with Gasteiger partial charge in [-0.25, -0.2) is 9.78 Å². The zero-order chi connectivity index (χ0) is 15.9. The fraction of sp³-hybridized carbons (Fsp3) is 0.200. The molecule has 7 heteroatoms. The molecule has 0 aliphatic carbocycles. The molecule has 0 aliphatic rings. The molecular formula is C15H17N3O3S. The van der Waals surface area contributed by atoms with Crippen molar-refractivity contribution in [3.8, 4) is 11.5 Å². The summed E-state index contributed by atoms with van der Waals surface area (Å²) in [6.07, 6.45) is 2.94. The summed E-state index contributed by atoms with van der Waals surface area (Å²) in [7, 11) is 0. The lowest BCUT2D eigenvalue weighted by atomic mass is 10.3. The maximum absolute atomic E-state index is 11.4. The lowest BCUT2D eigenvalue weighted by Crippen LogP contribution is -2.14. The van der Waals surface area contributed by atoms with Gasteiger partial charge in [-0.15, -0.1) is 11.8 Å². The van der Waals surface area contributed by atoms with Gasteiger partial charge < -0.3 is 15.2 Å². The molecule has 116 valence electrons. The minimum atomic E-state index is -0.552. The molecule has 1 aromatic heterocycles. The van der Waals surface area contributed by atoms with Crippen LogP contribution in [0.3, 0.4) is 0 Å². The highest BCUT2D eigenvalue weighted by Gasteiger charge is 2.06. The molecule has 0 saturated heterocycles. The van der Waals surface area contributed by atoms with Gasteiger partial charge in [0.15, 0.2) is 0 Å². The zero-order valence-corrected chi connectivity index (χ0v) is 13.1. The molecule has 3 N–H and O–H groups in total. The summed E-state index contributed by atoms with van der Waals surface area (Å²) in [6.45, 7) is 2.03. The van der Waals surface area contributed by atoms with E-state index < -0.39 is 6.09 Å². The second kappa shape index (κ2) is 7.56. The Hall–Kier alpha value is -2.41. The number of carbonyl (C=O) groups excluding carboxylic acids is 1. The second-order valence-corrected chi connectivity index (χ2v) is 5.08. The summed E-state index contributed by atoms with van der Waals surface area (Å²) in [4.78, 5) is 16.3. The van der Waals surface area contributed by atoms with Gasteiger partial charge in [-0.05, 0) is 37.4 Å². The second-order valence-electron chi connectivity index (χ2n) is 4.23. The molecule has 2 aromatic rings. The van der Waals surface area contributed by atoms with Crippen LogP contribution in [0.5, 0.6) is 11.5 Å². The summed E-state index contributed by atoms with van der Waals surface area (Å²) in [5.74, 6) is 1.57. The lowest BCUT2D eigenvalue weighted by Gasteiger charge is -2.10. The fourth-order valence-corrected chi connectivity index (χ4v) is 2.24. The van der Waals surface area contributed by atoms with E-state index in [1.807, 2.05) is 12.3 Å². The molecule has 0 unspecified atom stereocenters. The summed E-state index contributed by atoms with van der Waals surface area (Å²) in [5.41, 5.74) is 6.56. The molecule has 0 fully saturated rings. The number of carbonyl (C=O) groups is 1. The van der Waals surface area contributed by atoms with E-state index in [1.54, 1.807) is 49.1 Å². The predicted molar refractivity (Wildman–Crippen MR) is 87.6 cm³/mol. The van der Waals surface area contributed by atoms with Gasteiger partial charge >= 0.3 is 6.09 Å². The first-order valence-corrected chi connectivity index (χ1v) is 7.86. The third-order valence-corrected chi connectivity index (χ3v) is 3.47. The number of hydrogen-bond acceptors (Lipinski definition) is 6. The number of amides is 1. The molecule has 0 atom stereocenters. The van der Waals surface area contributed by atoms with Gasteiger partial charge in [0.05, 0.1) is 6.61 Å². The standard InChI is InChI=1S/C15H17N3O3S/c1-3-20-15(19)18-14-9-11(6-7-17-14)21-10-4-5-12(16)13(8-10)22-2/h4-9H,3,16H2,1-2H3,(H,17,18,19). The van der Waals surface area contributed by atoms with Crippen LogP contribution in [-0.4, -0.2) is 23.9 Å². The Balaban J connectivity index is 2.11. The number of nitrogens with two attached hydrogens (primary N) is 1. The number of nitrogens with one attached hydrogen (secondary N) is 1. The summed E-state index contributed by atoms with van der Waals surface area (Å²) in [6, 6.07) is 8.75. The van der Waals surface area contributed by atoms with E-state index in [-0.39, 0.29) is 0 Å². The molecule has 1 amide bonds. The number of thioether (sulfide) groups is 1. The van der Waals surface area contributed by atoms with Crippen molar-refractivity contribution in [1.29, 1.82) is 0 Å². The highest BCUT2D eigenvalue weighted by molar-refractivity contribution is 7.98. The monoisotopic (exact) mass is 319 g/mol. The number of benzene rings is 1. The number of ether oxygens (including phenoxy) is 2. The smallest absolute Gasteiger partial charge is 0.412 e. The molecule has 6 nitrogen and oxygen atoms in total. The first-order valence-electron chi connectivity index (χ1n) is 6.63. The van der Waals surface area contributed by atoms with Crippen molar-refractivity contribution in [2.45, 2.75) is 11.8 Å². The number of nitrogen functional groups attached to an aromatic ring is 1. The van der Waals surface area contributed by atoms with E-state index >= 15 is 0 Å². The molecule has 0 aliphatic heterocycles. The van der Waals surface area contributed by atoms with Crippen LogP contribution in [0.4, 0.5) is 16.3 Å². The molecule has 0 bridgehead atoms. The topological polar surface area (TPSA) is 86.5 Å². The lowest BCUT2D eigenvalue weighted by molar-refractivity contribution is 0.168. The number of pyridine rings is 1. The van der Waals surface area contributed by atoms with E-state index in [2.05, 4.69) is 10.3 Å². The summed E-state index contributed by atoms with van der Waals surface area (Å²) in [5, 5.41) is 2.52. The third kappa shape index (κ3) is 4.29. The van der Waals surface area contributed by atoms with Crippen LogP contribution >= 0.6 is 11.8 Å². The molecule has 22 heavy (non-hydrogen) atoms. The highest BCUT2D eigenvalue weighted by atomic mass is 32.2. The maximum atomic E-state index is 11.4. The maximum Gasteiger partial charge on any atom is 0.412 e. The van der Waals surface area contributed by atoms with E-state index in [9.17, 15) is 4.79 Å². The molecule has 2 rings (SSSR count). The number of nitrogens with zero attached hydrogens (tertiary/aromatic N) is 1. The zero-order valence-electron chi connectivity index (χ0n) is 12.3. The first kappa shape index (κ1) is 16.0. The molecule has 1 aromatic carbocycles. The van der Waals surface area contributed by atoms with Crippen molar-refractivity contribution < 1.29 is 14.3 Å². The van der Waals surface area contributed by atoms with E-state index in [4.69, 9.17) is 15.2 Å². The van der Waals surface area contributed by atoms with Gasteiger partial charge in [0.25, 0.3) is 0 Å². The molecule has 0 spiro atoms. The largest absolute Gasteiger partial charge is 0.457 e. The molecule has 1 heterocycles. The van der Waals surface area contributed by atoms with Crippen LogP contribution in [0.1, 0.15) is 6.92 Å². The number of aromatic nitrogens is 1. The van der Waals surface area contributed by atoms with Crippen molar-refractivity contribution in [2.24, 2.45) is 0 Å². The van der Waals surface area contributed by atoms with Crippen molar-refractivity contribution in [1.82, 2.24) is 4.98 Å². The SMILES string of the molecule is CCOC(=O)Nc1cc(Oc2ccc(N)c(SC)c2)ccn1. The Morgan fingerprint density at radius 2 is 2.09 bits per heavy atom. The summed E-state index contributed by atoms with van der Waals surface area (Å²) < 4.78 is 10.6. The normalized spacial score (nSPS) is 10.1. The van der Waals surface area contributed by atoms with Crippen molar-refractivity contribution in [2.75, 3.05) is 23.9 Å². The van der Waals surface area contributed by atoms with Crippen LogP contribution in [0.25, 0.3) is 0 Å². The van der Waals surface area contributed by atoms with E-state index in [0.717, 1.165) is 4.90 Å². The third-order valence-electron chi connectivity index (χ3n) is 2.68. The van der Waals surface area contributed by atoms with Crippen LogP contribution in [-0.2, 0) is 4.74 Å². The number of anilines is 2. The van der Waals surface area contributed by atoms with E-state index in [0.29, 0.717) is 29.6 Å². The fourth-order valence-electron chi connectivity index (χ4n) is 1.71. The van der Waals surface area contributed by atoms with Crippen molar-refractivity contribution in [3.05, 3.63) is 36.5 Å². The first-order chi connectivity index (χ1) is 10.6. The molecular weight excluding hydrogens is 302 g/mol. The van der Waals surface area contributed by atoms with Crippen molar-refractivity contribution in [3.63, 3.8) is 0 Å². The van der Waals surface area contributed by atoms with Crippen molar-refractivity contribution >= 4 is 29.4 Å². The average molecular weight is 319 g/mol. The van der Waals surface area contributed by atoms with Gasteiger partial charge in [0.1, 0.15) is 17.3 Å². The van der Waals surface area contributed by atoms with Gasteiger partial charge in [-0.1, -0.05) is 0 Å².